The van der Waals surface area contributed by atoms with E-state index in [0.29, 0.717) is 15.6 Å². The number of rotatable bonds is 4. The van der Waals surface area contributed by atoms with E-state index in [0.717, 1.165) is 16.1 Å². The van der Waals surface area contributed by atoms with Crippen molar-refractivity contribution in [2.75, 3.05) is 0 Å². The summed E-state index contributed by atoms with van der Waals surface area (Å²) < 4.78 is 0. The third-order valence-corrected chi connectivity index (χ3v) is 5.74. The fraction of sp³-hybridized carbons (Fsp3) is 0. The zero-order valence-electron chi connectivity index (χ0n) is 15.6. The minimum Gasteiger partial charge on any atom is -0.267 e. The Morgan fingerprint density at radius 2 is 1.30 bits per heavy atom. The molecule has 3 aromatic carbocycles. The summed E-state index contributed by atoms with van der Waals surface area (Å²) in [4.78, 5) is 30.4. The Hall–Kier alpha value is -3.48. The van der Waals surface area contributed by atoms with Crippen molar-refractivity contribution in [2.45, 2.75) is 0 Å². The molecule has 2 N–H and O–H groups in total. The van der Waals surface area contributed by atoms with Crippen LogP contribution in [0.3, 0.4) is 0 Å². The van der Waals surface area contributed by atoms with Crippen LogP contribution in [0, 0.1) is 0 Å². The number of carbonyl (C=O) groups is 2. The molecule has 4 rings (SSSR count). The van der Waals surface area contributed by atoms with Gasteiger partial charge in [-0.15, -0.1) is 11.3 Å². The highest BCUT2D eigenvalue weighted by Crippen LogP contribution is 2.33. The normalized spacial score (nSPS) is 10.4. The number of aromatic nitrogens is 1. The third-order valence-electron chi connectivity index (χ3n) is 4.31. The van der Waals surface area contributed by atoms with E-state index in [9.17, 15) is 9.59 Å². The van der Waals surface area contributed by atoms with Gasteiger partial charge in [-0.25, -0.2) is 4.98 Å². The van der Waals surface area contributed by atoms with E-state index in [4.69, 9.17) is 16.6 Å². The van der Waals surface area contributed by atoms with Crippen LogP contribution in [0.4, 0.5) is 0 Å². The largest absolute Gasteiger partial charge is 0.282 e. The van der Waals surface area contributed by atoms with Crippen LogP contribution >= 0.6 is 22.9 Å². The van der Waals surface area contributed by atoms with Gasteiger partial charge in [0, 0.05) is 11.1 Å². The van der Waals surface area contributed by atoms with Crippen LogP contribution in [0.1, 0.15) is 20.0 Å². The van der Waals surface area contributed by atoms with E-state index < -0.39 is 11.8 Å². The first-order chi connectivity index (χ1) is 14.6. The number of benzene rings is 3. The first kappa shape index (κ1) is 19.8. The average Bonchev–Trinajstić information content (AvgIpc) is 3.24. The van der Waals surface area contributed by atoms with Crippen molar-refractivity contribution in [3.05, 3.63) is 100 Å². The van der Waals surface area contributed by atoms with E-state index in [-0.39, 0.29) is 5.56 Å². The maximum Gasteiger partial charge on any atom is 0.282 e. The molecule has 0 aliphatic heterocycles. The van der Waals surface area contributed by atoms with Gasteiger partial charge in [0.1, 0.15) is 9.88 Å². The molecule has 0 saturated heterocycles. The van der Waals surface area contributed by atoms with Crippen LogP contribution in [0.5, 0.6) is 0 Å². The van der Waals surface area contributed by atoms with Crippen molar-refractivity contribution in [2.24, 2.45) is 0 Å². The lowest BCUT2D eigenvalue weighted by molar-refractivity contribution is 0.0849. The zero-order valence-corrected chi connectivity index (χ0v) is 17.2. The molecule has 2 amide bonds. The smallest absolute Gasteiger partial charge is 0.267 e. The molecule has 0 aliphatic carbocycles. The third kappa shape index (κ3) is 4.25. The number of nitrogens with one attached hydrogen (secondary N) is 2. The molecule has 0 bridgehead atoms. The Bertz CT molecular complexity index is 1190. The van der Waals surface area contributed by atoms with Crippen LogP contribution in [0.15, 0.2) is 84.9 Å². The molecule has 0 atom stereocenters. The fourth-order valence-electron chi connectivity index (χ4n) is 2.85. The molecule has 148 valence electrons. The second-order valence-electron chi connectivity index (χ2n) is 6.32. The van der Waals surface area contributed by atoms with Crippen LogP contribution in [-0.4, -0.2) is 16.8 Å². The number of nitrogens with zero attached hydrogens (tertiary/aromatic N) is 1. The van der Waals surface area contributed by atoms with Gasteiger partial charge in [0.25, 0.3) is 11.8 Å². The Morgan fingerprint density at radius 1 is 0.733 bits per heavy atom. The van der Waals surface area contributed by atoms with Crippen LogP contribution in [-0.2, 0) is 0 Å². The Labute approximate surface area is 182 Å². The van der Waals surface area contributed by atoms with Gasteiger partial charge in [-0.2, -0.15) is 0 Å². The second kappa shape index (κ2) is 8.90. The van der Waals surface area contributed by atoms with Crippen molar-refractivity contribution >= 4 is 34.8 Å². The Kier molecular flexibility index (Phi) is 5.88. The van der Waals surface area contributed by atoms with Gasteiger partial charge >= 0.3 is 0 Å². The molecule has 1 heterocycles. The van der Waals surface area contributed by atoms with Crippen LogP contribution in [0.25, 0.3) is 21.8 Å². The van der Waals surface area contributed by atoms with E-state index in [1.165, 1.54) is 11.3 Å². The summed E-state index contributed by atoms with van der Waals surface area (Å²) >= 11 is 7.31. The Morgan fingerprint density at radius 3 is 1.97 bits per heavy atom. The number of hydrogen-bond acceptors (Lipinski definition) is 4. The summed E-state index contributed by atoms with van der Waals surface area (Å²) in [7, 11) is 0. The van der Waals surface area contributed by atoms with Gasteiger partial charge in [0.05, 0.1) is 16.3 Å². The molecule has 1 aromatic heterocycles. The van der Waals surface area contributed by atoms with E-state index >= 15 is 0 Å². The number of halogens is 1. The highest BCUT2D eigenvalue weighted by Gasteiger charge is 2.21. The van der Waals surface area contributed by atoms with E-state index in [2.05, 4.69) is 10.9 Å². The second-order valence-corrected chi connectivity index (χ2v) is 7.72. The van der Waals surface area contributed by atoms with E-state index in [1.54, 1.807) is 24.3 Å². The van der Waals surface area contributed by atoms with Gasteiger partial charge in [-0.1, -0.05) is 84.4 Å². The summed E-state index contributed by atoms with van der Waals surface area (Å²) in [5.41, 5.74) is 7.46. The predicted molar refractivity (Wildman–Crippen MR) is 119 cm³/mol. The SMILES string of the molecule is O=C(NNC(=O)c1sc(-c2ccccc2)nc1-c1ccccc1)c1ccccc1Cl. The lowest BCUT2D eigenvalue weighted by Crippen LogP contribution is -2.41. The van der Waals surface area contributed by atoms with E-state index in [1.807, 2.05) is 60.7 Å². The summed E-state index contributed by atoms with van der Waals surface area (Å²) in [6, 6.07) is 25.7. The van der Waals surface area contributed by atoms with Crippen molar-refractivity contribution in [3.8, 4) is 21.8 Å². The summed E-state index contributed by atoms with van der Waals surface area (Å²) in [5, 5.41) is 1.02. The van der Waals surface area contributed by atoms with Gasteiger partial charge in [-0.3, -0.25) is 20.4 Å². The predicted octanol–water partition coefficient (Wildman–Crippen LogP) is 5.21. The first-order valence-corrected chi connectivity index (χ1v) is 10.3. The molecule has 30 heavy (non-hydrogen) atoms. The van der Waals surface area contributed by atoms with Gasteiger partial charge in [0.2, 0.25) is 0 Å². The number of amides is 2. The Balaban J connectivity index is 1.62. The van der Waals surface area contributed by atoms with Gasteiger partial charge in [-0.05, 0) is 12.1 Å². The monoisotopic (exact) mass is 433 g/mol. The van der Waals surface area contributed by atoms with Crippen LogP contribution in [0.2, 0.25) is 5.02 Å². The topological polar surface area (TPSA) is 71.1 Å². The van der Waals surface area contributed by atoms with Crippen molar-refractivity contribution < 1.29 is 9.59 Å². The minimum atomic E-state index is -0.497. The molecular weight excluding hydrogens is 418 g/mol. The number of hydrazine groups is 1. The average molecular weight is 434 g/mol. The highest BCUT2D eigenvalue weighted by atomic mass is 35.5. The van der Waals surface area contributed by atoms with Gasteiger partial charge < -0.3 is 0 Å². The quantitative estimate of drug-likeness (QED) is 0.434. The lowest BCUT2D eigenvalue weighted by atomic mass is 10.1. The molecular formula is C23H16ClN3O2S. The minimum absolute atomic E-state index is 0.275. The molecule has 0 fully saturated rings. The molecule has 0 radical (unpaired) electrons. The fourth-order valence-corrected chi connectivity index (χ4v) is 4.06. The summed E-state index contributed by atoms with van der Waals surface area (Å²) in [6.07, 6.45) is 0. The summed E-state index contributed by atoms with van der Waals surface area (Å²) in [6.45, 7) is 0. The number of carbonyl (C=O) groups excluding carboxylic acids is 2. The maximum atomic E-state index is 12.9. The molecule has 0 spiro atoms. The number of hydrogen-bond donors (Lipinski definition) is 2. The van der Waals surface area contributed by atoms with Crippen molar-refractivity contribution in [1.29, 1.82) is 0 Å². The molecule has 7 heteroatoms. The number of thiazole rings is 1. The standard InChI is InChI=1S/C23H16ClN3O2S/c24-18-14-8-7-13-17(18)21(28)26-27-22(29)20-19(15-9-3-1-4-10-15)25-23(30-20)16-11-5-2-6-12-16/h1-14H,(H,26,28)(H,27,29). The lowest BCUT2D eigenvalue weighted by Gasteiger charge is -2.08. The molecule has 0 aliphatic rings. The zero-order chi connectivity index (χ0) is 20.9. The molecule has 5 nitrogen and oxygen atoms in total. The van der Waals surface area contributed by atoms with Crippen molar-refractivity contribution in [1.82, 2.24) is 15.8 Å². The first-order valence-electron chi connectivity index (χ1n) is 9.10. The molecule has 4 aromatic rings. The molecule has 0 saturated carbocycles. The van der Waals surface area contributed by atoms with Crippen LogP contribution < -0.4 is 10.9 Å². The van der Waals surface area contributed by atoms with Crippen molar-refractivity contribution in [3.63, 3.8) is 0 Å². The summed E-state index contributed by atoms with van der Waals surface area (Å²) in [5.74, 6) is -0.947. The maximum absolute atomic E-state index is 12.9. The van der Waals surface area contributed by atoms with Gasteiger partial charge in [0.15, 0.2) is 0 Å². The highest BCUT2D eigenvalue weighted by molar-refractivity contribution is 7.17. The molecule has 0 unspecified atom stereocenters.